The summed E-state index contributed by atoms with van der Waals surface area (Å²) >= 11 is 0. The third-order valence-electron chi connectivity index (χ3n) is 3.10. The summed E-state index contributed by atoms with van der Waals surface area (Å²) in [6, 6.07) is 0. The van der Waals surface area contributed by atoms with Gasteiger partial charge in [-0.25, -0.2) is 0 Å². The molecule has 0 aromatic rings. The number of carbonyl (C=O) groups excluding carboxylic acids is 3. The van der Waals surface area contributed by atoms with Crippen LogP contribution in [0.3, 0.4) is 0 Å². The number of hydrogen-bond acceptors (Lipinski definition) is 4. The van der Waals surface area contributed by atoms with Crippen LogP contribution in [0.5, 0.6) is 0 Å². The molecule has 0 heterocycles. The Hall–Kier alpha value is -1.19. The quantitative estimate of drug-likeness (QED) is 0.522. The average Bonchev–Trinajstić information content (AvgIpc) is 2.23. The Bertz CT molecular complexity index is 277. The monoisotopic (exact) mass is 212 g/mol. The predicted octanol–water partition coefficient (Wildman–Crippen LogP) is 1.27. The highest BCUT2D eigenvalue weighted by Gasteiger charge is 2.42. The topological polar surface area (TPSA) is 60.4 Å². The van der Waals surface area contributed by atoms with Gasteiger partial charge in [0.2, 0.25) is 0 Å². The standard InChI is InChI=1S/C11H16O4/c1-11(7-6-10(14)15-2)8(12)4-3-5-9(11)13/h3-7H2,1-2H3. The smallest absolute Gasteiger partial charge is 0.305 e. The van der Waals surface area contributed by atoms with Crippen LogP contribution in [0.2, 0.25) is 0 Å². The summed E-state index contributed by atoms with van der Waals surface area (Å²) in [4.78, 5) is 34.3. The van der Waals surface area contributed by atoms with Crippen molar-refractivity contribution < 1.29 is 19.1 Å². The molecule has 0 aromatic carbocycles. The largest absolute Gasteiger partial charge is 0.469 e. The van der Waals surface area contributed by atoms with E-state index >= 15 is 0 Å². The fraction of sp³-hybridized carbons (Fsp3) is 0.727. The fourth-order valence-corrected chi connectivity index (χ4v) is 1.85. The summed E-state index contributed by atoms with van der Waals surface area (Å²) in [6.07, 6.45) is 1.94. The van der Waals surface area contributed by atoms with Gasteiger partial charge in [-0.15, -0.1) is 0 Å². The van der Waals surface area contributed by atoms with Crippen molar-refractivity contribution in [2.75, 3.05) is 7.11 Å². The lowest BCUT2D eigenvalue weighted by molar-refractivity contribution is -0.145. The Morgan fingerprint density at radius 3 is 2.33 bits per heavy atom. The average molecular weight is 212 g/mol. The van der Waals surface area contributed by atoms with E-state index in [1.807, 2.05) is 0 Å². The molecule has 1 saturated carbocycles. The van der Waals surface area contributed by atoms with Crippen LogP contribution >= 0.6 is 0 Å². The van der Waals surface area contributed by atoms with Crippen LogP contribution in [0.1, 0.15) is 39.0 Å². The number of methoxy groups -OCH3 is 1. The van der Waals surface area contributed by atoms with Crippen molar-refractivity contribution in [1.82, 2.24) is 0 Å². The van der Waals surface area contributed by atoms with E-state index in [9.17, 15) is 14.4 Å². The van der Waals surface area contributed by atoms with Gasteiger partial charge in [-0.05, 0) is 19.8 Å². The zero-order chi connectivity index (χ0) is 11.5. The number of esters is 1. The zero-order valence-corrected chi connectivity index (χ0v) is 9.17. The van der Waals surface area contributed by atoms with Gasteiger partial charge in [-0.1, -0.05) is 0 Å². The number of ether oxygens (including phenoxy) is 1. The molecule has 0 atom stereocenters. The van der Waals surface area contributed by atoms with Gasteiger partial charge in [0, 0.05) is 19.3 Å². The maximum atomic E-state index is 11.7. The minimum atomic E-state index is -0.952. The van der Waals surface area contributed by atoms with E-state index in [4.69, 9.17) is 0 Å². The molecule has 1 rings (SSSR count). The highest BCUT2D eigenvalue weighted by atomic mass is 16.5. The van der Waals surface area contributed by atoms with Crippen molar-refractivity contribution in [1.29, 1.82) is 0 Å². The molecule has 0 N–H and O–H groups in total. The van der Waals surface area contributed by atoms with Gasteiger partial charge in [-0.2, -0.15) is 0 Å². The highest BCUT2D eigenvalue weighted by Crippen LogP contribution is 2.34. The summed E-state index contributed by atoms with van der Waals surface area (Å²) < 4.78 is 4.50. The first kappa shape index (κ1) is 11.9. The van der Waals surface area contributed by atoms with Crippen molar-refractivity contribution in [2.45, 2.75) is 39.0 Å². The molecule has 84 valence electrons. The molecule has 0 amide bonds. The van der Waals surface area contributed by atoms with Gasteiger partial charge >= 0.3 is 5.97 Å². The van der Waals surface area contributed by atoms with Crippen LogP contribution in [-0.2, 0) is 19.1 Å². The second-order valence-electron chi connectivity index (χ2n) is 4.11. The third kappa shape index (κ3) is 2.43. The molecule has 0 radical (unpaired) electrons. The Morgan fingerprint density at radius 1 is 1.33 bits per heavy atom. The molecule has 0 saturated heterocycles. The molecule has 0 unspecified atom stereocenters. The van der Waals surface area contributed by atoms with E-state index in [2.05, 4.69) is 4.74 Å². The van der Waals surface area contributed by atoms with Crippen LogP contribution < -0.4 is 0 Å². The van der Waals surface area contributed by atoms with E-state index in [0.29, 0.717) is 19.3 Å². The highest BCUT2D eigenvalue weighted by molar-refractivity contribution is 6.08. The van der Waals surface area contributed by atoms with Crippen LogP contribution in [0, 0.1) is 5.41 Å². The number of ketones is 2. The van der Waals surface area contributed by atoms with Gasteiger partial charge < -0.3 is 4.74 Å². The Morgan fingerprint density at radius 2 is 1.87 bits per heavy atom. The molecule has 1 aliphatic rings. The van der Waals surface area contributed by atoms with E-state index in [1.165, 1.54) is 7.11 Å². The molecule has 0 aliphatic heterocycles. The van der Waals surface area contributed by atoms with Crippen molar-refractivity contribution in [2.24, 2.45) is 5.41 Å². The van der Waals surface area contributed by atoms with Gasteiger partial charge in [0.15, 0.2) is 0 Å². The Balaban J connectivity index is 2.66. The van der Waals surface area contributed by atoms with Crippen molar-refractivity contribution in [3.63, 3.8) is 0 Å². The summed E-state index contributed by atoms with van der Waals surface area (Å²) in [5.41, 5.74) is -0.952. The Labute approximate surface area is 89.0 Å². The van der Waals surface area contributed by atoms with Gasteiger partial charge in [0.05, 0.1) is 12.5 Å². The lowest BCUT2D eigenvalue weighted by Crippen LogP contribution is -2.40. The fourth-order valence-electron chi connectivity index (χ4n) is 1.85. The normalized spacial score (nSPS) is 20.1. The first-order valence-corrected chi connectivity index (χ1v) is 5.14. The summed E-state index contributed by atoms with van der Waals surface area (Å²) in [6.45, 7) is 1.64. The Kier molecular flexibility index (Phi) is 3.61. The van der Waals surface area contributed by atoms with Gasteiger partial charge in [-0.3, -0.25) is 14.4 Å². The van der Waals surface area contributed by atoms with Crippen molar-refractivity contribution >= 4 is 17.5 Å². The number of rotatable bonds is 3. The summed E-state index contributed by atoms with van der Waals surface area (Å²) in [5.74, 6) is -0.451. The number of carbonyl (C=O) groups is 3. The molecule has 1 fully saturated rings. The van der Waals surface area contributed by atoms with Crippen molar-refractivity contribution in [3.8, 4) is 0 Å². The molecule has 15 heavy (non-hydrogen) atoms. The summed E-state index contributed by atoms with van der Waals surface area (Å²) in [7, 11) is 1.30. The number of Topliss-reactive ketones (excluding diaryl/α,β-unsaturated/α-hetero) is 2. The minimum absolute atomic E-state index is 0.0392. The van der Waals surface area contributed by atoms with Crippen LogP contribution in [0.15, 0.2) is 0 Å². The SMILES string of the molecule is COC(=O)CCC1(C)C(=O)CCCC1=O. The predicted molar refractivity (Wildman–Crippen MR) is 53.2 cm³/mol. The van der Waals surface area contributed by atoms with Crippen LogP contribution in [-0.4, -0.2) is 24.6 Å². The maximum absolute atomic E-state index is 11.7. The first-order chi connectivity index (χ1) is 7.00. The van der Waals surface area contributed by atoms with Gasteiger partial charge in [0.1, 0.15) is 11.6 Å². The molecule has 1 aliphatic carbocycles. The lowest BCUT2D eigenvalue weighted by atomic mass is 9.71. The van der Waals surface area contributed by atoms with E-state index < -0.39 is 5.41 Å². The molecule has 4 heteroatoms. The minimum Gasteiger partial charge on any atom is -0.469 e. The molecule has 0 bridgehead atoms. The zero-order valence-electron chi connectivity index (χ0n) is 9.17. The first-order valence-electron chi connectivity index (χ1n) is 5.14. The molecule has 4 nitrogen and oxygen atoms in total. The second-order valence-corrected chi connectivity index (χ2v) is 4.11. The van der Waals surface area contributed by atoms with Crippen LogP contribution in [0.25, 0.3) is 0 Å². The third-order valence-corrected chi connectivity index (χ3v) is 3.10. The van der Waals surface area contributed by atoms with E-state index in [1.54, 1.807) is 6.92 Å². The second kappa shape index (κ2) is 4.55. The molecular weight excluding hydrogens is 196 g/mol. The van der Waals surface area contributed by atoms with E-state index in [0.717, 1.165) is 0 Å². The van der Waals surface area contributed by atoms with Crippen LogP contribution in [0.4, 0.5) is 0 Å². The molecular formula is C11H16O4. The van der Waals surface area contributed by atoms with E-state index in [-0.39, 0.29) is 30.4 Å². The number of hydrogen-bond donors (Lipinski definition) is 0. The summed E-state index contributed by atoms with van der Waals surface area (Å²) in [5, 5.41) is 0. The lowest BCUT2D eigenvalue weighted by Gasteiger charge is -2.29. The molecule has 0 aromatic heterocycles. The molecule has 0 spiro atoms. The van der Waals surface area contributed by atoms with Crippen molar-refractivity contribution in [3.05, 3.63) is 0 Å². The van der Waals surface area contributed by atoms with Gasteiger partial charge in [0.25, 0.3) is 0 Å². The maximum Gasteiger partial charge on any atom is 0.305 e.